The Bertz CT molecular complexity index is 1090. The zero-order valence-electron chi connectivity index (χ0n) is 19.9. The Morgan fingerprint density at radius 1 is 1.14 bits per heavy atom. The van der Waals surface area contributed by atoms with E-state index in [0.29, 0.717) is 10.6 Å². The molecule has 1 heterocycles. The minimum atomic E-state index is -2.39. The Labute approximate surface area is 218 Å². The monoisotopic (exact) mass is 536 g/mol. The largest absolute Gasteiger partial charge is 0.477 e. The lowest BCUT2D eigenvalue weighted by atomic mass is 9.88. The standard InChI is InChI=1S/C25H29ClN2O9/c1-14(29)28-20-18(30)11-25(24(34)35,36-13-15-5-3-2-4-6-15)37-22(20)21(32)19(31)12-27-23(33)16-7-9-17(26)10-8-16/h2-10,18-22,30-32H,11-13H2,1H3,(H,27,33)(H,28,29)(H,34,35)/t18-,19+,20+,21+,22+,25-/m0/s1. The van der Waals surface area contributed by atoms with Gasteiger partial charge in [-0.25, -0.2) is 4.79 Å². The van der Waals surface area contributed by atoms with Crippen molar-refractivity contribution in [1.29, 1.82) is 0 Å². The molecule has 2 aromatic rings. The maximum absolute atomic E-state index is 12.4. The lowest BCUT2D eigenvalue weighted by Gasteiger charge is -2.46. The molecule has 1 saturated heterocycles. The third-order valence-corrected chi connectivity index (χ3v) is 6.14. The summed E-state index contributed by atoms with van der Waals surface area (Å²) in [5.74, 6) is -5.09. The number of hydrogen-bond donors (Lipinski definition) is 6. The van der Waals surface area contributed by atoms with Gasteiger partial charge < -0.3 is 40.5 Å². The molecular weight excluding hydrogens is 508 g/mol. The molecule has 0 radical (unpaired) electrons. The highest BCUT2D eigenvalue weighted by molar-refractivity contribution is 6.30. The number of carboxylic acid groups (broad SMARTS) is 1. The summed E-state index contributed by atoms with van der Waals surface area (Å²) in [6, 6.07) is 13.3. The van der Waals surface area contributed by atoms with E-state index in [0.717, 1.165) is 0 Å². The molecule has 1 aliphatic heterocycles. The first-order valence-electron chi connectivity index (χ1n) is 11.5. The maximum atomic E-state index is 12.4. The van der Waals surface area contributed by atoms with Crippen LogP contribution in [0.2, 0.25) is 5.02 Å². The minimum absolute atomic E-state index is 0.187. The van der Waals surface area contributed by atoms with Crippen LogP contribution in [0.25, 0.3) is 0 Å². The van der Waals surface area contributed by atoms with Gasteiger partial charge in [-0.15, -0.1) is 0 Å². The summed E-state index contributed by atoms with van der Waals surface area (Å²) in [7, 11) is 0. The van der Waals surface area contributed by atoms with Gasteiger partial charge in [-0.1, -0.05) is 41.9 Å². The van der Waals surface area contributed by atoms with Crippen molar-refractivity contribution in [2.24, 2.45) is 0 Å². The van der Waals surface area contributed by atoms with E-state index >= 15 is 0 Å². The van der Waals surface area contributed by atoms with E-state index in [1.807, 2.05) is 0 Å². The number of rotatable bonds is 10. The summed E-state index contributed by atoms with van der Waals surface area (Å²) in [5.41, 5.74) is 0.887. The molecular formula is C25H29ClN2O9. The van der Waals surface area contributed by atoms with Gasteiger partial charge in [-0.05, 0) is 29.8 Å². The van der Waals surface area contributed by atoms with Gasteiger partial charge in [0.1, 0.15) is 12.2 Å². The van der Waals surface area contributed by atoms with E-state index in [2.05, 4.69) is 10.6 Å². The number of benzene rings is 2. The van der Waals surface area contributed by atoms with Gasteiger partial charge in [0.05, 0.1) is 24.9 Å². The number of carboxylic acids is 1. The van der Waals surface area contributed by atoms with Crippen molar-refractivity contribution >= 4 is 29.4 Å². The van der Waals surface area contributed by atoms with Gasteiger partial charge in [-0.2, -0.15) is 0 Å². The van der Waals surface area contributed by atoms with Crippen molar-refractivity contribution in [1.82, 2.24) is 10.6 Å². The van der Waals surface area contributed by atoms with Crippen LogP contribution in [0.15, 0.2) is 54.6 Å². The quantitative estimate of drug-likeness (QED) is 0.252. The van der Waals surface area contributed by atoms with Crippen molar-refractivity contribution in [2.75, 3.05) is 6.54 Å². The van der Waals surface area contributed by atoms with Crippen LogP contribution >= 0.6 is 11.6 Å². The van der Waals surface area contributed by atoms with E-state index < -0.39 is 67.0 Å². The highest BCUT2D eigenvalue weighted by atomic mass is 35.5. The SMILES string of the molecule is CC(=O)N[C@H]1[C@H]([C@H](O)[C@H](O)CNC(=O)c2ccc(Cl)cc2)O[C@](OCc2ccccc2)(C(=O)O)C[C@@H]1O. The second kappa shape index (κ2) is 12.5. The second-order valence-corrected chi connectivity index (χ2v) is 9.12. The lowest BCUT2D eigenvalue weighted by molar-refractivity contribution is -0.314. The number of ether oxygens (including phenoxy) is 2. The van der Waals surface area contributed by atoms with Crippen molar-refractivity contribution < 1.29 is 44.3 Å². The third kappa shape index (κ3) is 7.25. The normalized spacial score (nSPS) is 25.1. The Balaban J connectivity index is 1.77. The van der Waals surface area contributed by atoms with Crippen LogP contribution in [0, 0.1) is 0 Å². The number of aliphatic carboxylic acids is 1. The zero-order valence-corrected chi connectivity index (χ0v) is 20.7. The molecule has 0 saturated carbocycles. The van der Waals surface area contributed by atoms with Crippen molar-refractivity contribution in [2.45, 2.75) is 56.2 Å². The molecule has 1 fully saturated rings. The molecule has 0 bridgehead atoms. The highest BCUT2D eigenvalue weighted by Gasteiger charge is 2.55. The van der Waals surface area contributed by atoms with Gasteiger partial charge in [0.15, 0.2) is 0 Å². The van der Waals surface area contributed by atoms with Crippen LogP contribution < -0.4 is 10.6 Å². The van der Waals surface area contributed by atoms with Gasteiger partial charge in [0.2, 0.25) is 5.91 Å². The zero-order chi connectivity index (χ0) is 27.2. The fraction of sp³-hybridized carbons (Fsp3) is 0.400. The summed E-state index contributed by atoms with van der Waals surface area (Å²) in [5, 5.41) is 47.6. The molecule has 200 valence electrons. The van der Waals surface area contributed by atoms with Crippen molar-refractivity contribution in [3.63, 3.8) is 0 Å². The molecule has 0 aliphatic carbocycles. The first-order valence-corrected chi connectivity index (χ1v) is 11.8. The first-order chi connectivity index (χ1) is 17.5. The molecule has 0 unspecified atom stereocenters. The Hall–Kier alpha value is -3.06. The predicted octanol–water partition coefficient (Wildman–Crippen LogP) is 0.444. The molecule has 2 aromatic carbocycles. The number of aliphatic hydroxyl groups excluding tert-OH is 3. The molecule has 6 atom stereocenters. The molecule has 0 aromatic heterocycles. The second-order valence-electron chi connectivity index (χ2n) is 8.69. The Kier molecular flexibility index (Phi) is 9.60. The number of carbonyl (C=O) groups excluding carboxylic acids is 2. The third-order valence-electron chi connectivity index (χ3n) is 5.89. The number of aliphatic hydroxyl groups is 3. The minimum Gasteiger partial charge on any atom is -0.477 e. The van der Waals surface area contributed by atoms with Gasteiger partial charge >= 0.3 is 5.97 Å². The van der Waals surface area contributed by atoms with Crippen LogP contribution in [-0.2, 0) is 25.7 Å². The molecule has 3 rings (SSSR count). The van der Waals surface area contributed by atoms with E-state index in [1.165, 1.54) is 31.2 Å². The van der Waals surface area contributed by atoms with E-state index in [-0.39, 0.29) is 12.2 Å². The smallest absolute Gasteiger partial charge is 0.364 e. The number of hydrogen-bond acceptors (Lipinski definition) is 8. The van der Waals surface area contributed by atoms with Gasteiger partial charge in [0, 0.05) is 30.5 Å². The van der Waals surface area contributed by atoms with Crippen molar-refractivity contribution in [3.8, 4) is 0 Å². The molecule has 0 spiro atoms. The number of nitrogens with one attached hydrogen (secondary N) is 2. The van der Waals surface area contributed by atoms with E-state index in [1.54, 1.807) is 30.3 Å². The fourth-order valence-corrected chi connectivity index (χ4v) is 4.09. The summed E-state index contributed by atoms with van der Waals surface area (Å²) in [6.07, 6.45) is -7.19. The molecule has 12 heteroatoms. The van der Waals surface area contributed by atoms with Crippen LogP contribution in [0.3, 0.4) is 0 Å². The Morgan fingerprint density at radius 3 is 2.38 bits per heavy atom. The number of halogens is 1. The highest BCUT2D eigenvalue weighted by Crippen LogP contribution is 2.34. The van der Waals surface area contributed by atoms with Crippen LogP contribution in [0.1, 0.15) is 29.3 Å². The van der Waals surface area contributed by atoms with Gasteiger partial charge in [0.25, 0.3) is 11.7 Å². The molecule has 2 amide bonds. The summed E-state index contributed by atoms with van der Waals surface area (Å²) in [4.78, 5) is 36.4. The molecule has 1 aliphatic rings. The Morgan fingerprint density at radius 2 is 1.78 bits per heavy atom. The summed E-state index contributed by atoms with van der Waals surface area (Å²) >= 11 is 5.81. The van der Waals surface area contributed by atoms with Crippen LogP contribution in [-0.4, -0.2) is 81.0 Å². The van der Waals surface area contributed by atoms with E-state index in [9.17, 15) is 34.8 Å². The van der Waals surface area contributed by atoms with E-state index in [4.69, 9.17) is 21.1 Å². The first kappa shape index (κ1) is 28.5. The maximum Gasteiger partial charge on any atom is 0.364 e. The lowest BCUT2D eigenvalue weighted by Crippen LogP contribution is -2.68. The number of carbonyl (C=O) groups is 3. The molecule has 37 heavy (non-hydrogen) atoms. The van der Waals surface area contributed by atoms with Crippen LogP contribution in [0.5, 0.6) is 0 Å². The average molecular weight is 537 g/mol. The predicted molar refractivity (Wildman–Crippen MR) is 130 cm³/mol. The summed E-state index contributed by atoms with van der Waals surface area (Å²) in [6.45, 7) is 0.535. The fourth-order valence-electron chi connectivity index (χ4n) is 3.96. The van der Waals surface area contributed by atoms with Gasteiger partial charge in [-0.3, -0.25) is 9.59 Å². The molecule has 6 N–H and O–H groups in total. The molecule has 11 nitrogen and oxygen atoms in total. The average Bonchev–Trinajstić information content (AvgIpc) is 2.87. The summed E-state index contributed by atoms with van der Waals surface area (Å²) < 4.78 is 11.3. The number of amides is 2. The topological polar surface area (TPSA) is 175 Å². The van der Waals surface area contributed by atoms with Crippen molar-refractivity contribution in [3.05, 3.63) is 70.7 Å². The van der Waals surface area contributed by atoms with Crippen LogP contribution in [0.4, 0.5) is 0 Å².